The Labute approximate surface area is 134 Å². The summed E-state index contributed by atoms with van der Waals surface area (Å²) in [5, 5.41) is 3.54. The van der Waals surface area contributed by atoms with Crippen molar-refractivity contribution in [3.05, 3.63) is 68.9 Å². The number of benzene rings is 2. The number of rotatable bonds is 5. The van der Waals surface area contributed by atoms with E-state index in [9.17, 15) is 4.39 Å². The van der Waals surface area contributed by atoms with Gasteiger partial charge in [-0.3, -0.25) is 0 Å². The fourth-order valence-electron chi connectivity index (χ4n) is 2.68. The lowest BCUT2D eigenvalue weighted by Gasteiger charge is -2.21. The molecule has 0 heterocycles. The van der Waals surface area contributed by atoms with Crippen LogP contribution >= 0.6 is 15.9 Å². The lowest BCUT2D eigenvalue weighted by atomic mass is 9.93. The first kappa shape index (κ1) is 16.2. The van der Waals surface area contributed by atoms with Crippen LogP contribution < -0.4 is 5.32 Å². The summed E-state index contributed by atoms with van der Waals surface area (Å²) >= 11 is 3.51. The van der Waals surface area contributed by atoms with E-state index in [1.165, 1.54) is 16.7 Å². The van der Waals surface area contributed by atoms with E-state index in [1.807, 2.05) is 13.0 Å². The quantitative estimate of drug-likeness (QED) is 0.791. The third-order valence-electron chi connectivity index (χ3n) is 3.79. The van der Waals surface area contributed by atoms with Crippen molar-refractivity contribution in [3.8, 4) is 0 Å². The molecule has 2 aromatic carbocycles. The molecule has 1 atom stereocenters. The average Bonchev–Trinajstić information content (AvgIpc) is 2.41. The minimum atomic E-state index is -0.170. The van der Waals surface area contributed by atoms with Crippen LogP contribution in [0.2, 0.25) is 0 Å². The maximum atomic E-state index is 13.2. The van der Waals surface area contributed by atoms with Crippen molar-refractivity contribution in [3.63, 3.8) is 0 Å². The molecule has 2 rings (SSSR count). The van der Waals surface area contributed by atoms with E-state index in [0.29, 0.717) is 0 Å². The molecular weight excluding hydrogens is 329 g/mol. The second-order valence-electron chi connectivity index (χ2n) is 5.39. The minimum Gasteiger partial charge on any atom is -0.310 e. The zero-order valence-corrected chi connectivity index (χ0v) is 14.3. The molecule has 3 heteroatoms. The molecule has 1 N–H and O–H groups in total. The van der Waals surface area contributed by atoms with E-state index in [0.717, 1.165) is 23.0 Å². The Morgan fingerprint density at radius 3 is 2.48 bits per heavy atom. The largest absolute Gasteiger partial charge is 0.310 e. The number of likely N-dealkylation sites (N-methyl/N-ethyl adjacent to an activating group) is 1. The Morgan fingerprint density at radius 2 is 1.86 bits per heavy atom. The van der Waals surface area contributed by atoms with Gasteiger partial charge >= 0.3 is 0 Å². The number of hydrogen-bond donors (Lipinski definition) is 1. The normalized spacial score (nSPS) is 12.4. The van der Waals surface area contributed by atoms with E-state index in [4.69, 9.17) is 0 Å². The predicted molar refractivity (Wildman–Crippen MR) is 90.1 cm³/mol. The van der Waals surface area contributed by atoms with Crippen molar-refractivity contribution in [1.29, 1.82) is 0 Å². The van der Waals surface area contributed by atoms with E-state index in [2.05, 4.69) is 53.3 Å². The molecule has 0 aliphatic carbocycles. The van der Waals surface area contributed by atoms with E-state index in [-0.39, 0.29) is 11.9 Å². The van der Waals surface area contributed by atoms with Gasteiger partial charge in [-0.2, -0.15) is 0 Å². The lowest BCUT2D eigenvalue weighted by molar-refractivity contribution is 0.545. The summed E-state index contributed by atoms with van der Waals surface area (Å²) in [5.41, 5.74) is 4.75. The molecule has 0 saturated heterocycles. The Hall–Kier alpha value is -1.19. The van der Waals surface area contributed by atoms with E-state index >= 15 is 0 Å². The Kier molecular flexibility index (Phi) is 5.54. The highest BCUT2D eigenvalue weighted by Gasteiger charge is 2.15. The van der Waals surface area contributed by atoms with Gasteiger partial charge in [-0.15, -0.1) is 0 Å². The molecule has 1 nitrogen and oxygen atoms in total. The molecule has 21 heavy (non-hydrogen) atoms. The van der Waals surface area contributed by atoms with Crippen LogP contribution in [0.3, 0.4) is 0 Å². The van der Waals surface area contributed by atoms with Crippen LogP contribution in [0.5, 0.6) is 0 Å². The van der Waals surface area contributed by atoms with Gasteiger partial charge in [-0.1, -0.05) is 35.0 Å². The fraction of sp³-hybridized carbons (Fsp3) is 0.333. The Balaban J connectivity index is 2.30. The van der Waals surface area contributed by atoms with Crippen molar-refractivity contribution >= 4 is 15.9 Å². The average molecular weight is 350 g/mol. The third-order valence-corrected chi connectivity index (χ3v) is 4.28. The zero-order valence-electron chi connectivity index (χ0n) is 12.7. The summed E-state index contributed by atoms with van der Waals surface area (Å²) in [4.78, 5) is 0. The molecule has 0 aromatic heterocycles. The van der Waals surface area contributed by atoms with Gasteiger partial charge in [0, 0.05) is 10.5 Å². The van der Waals surface area contributed by atoms with Gasteiger partial charge in [-0.25, -0.2) is 4.39 Å². The van der Waals surface area contributed by atoms with Crippen molar-refractivity contribution in [2.45, 2.75) is 33.2 Å². The Bertz CT molecular complexity index is 625. The summed E-state index contributed by atoms with van der Waals surface area (Å²) in [5.74, 6) is -0.170. The fourth-order valence-corrected chi connectivity index (χ4v) is 3.15. The second-order valence-corrected chi connectivity index (χ2v) is 6.30. The molecule has 1 unspecified atom stereocenters. The van der Waals surface area contributed by atoms with Crippen molar-refractivity contribution in [2.24, 2.45) is 0 Å². The minimum absolute atomic E-state index is 0.170. The van der Waals surface area contributed by atoms with Crippen molar-refractivity contribution in [2.75, 3.05) is 6.54 Å². The van der Waals surface area contributed by atoms with Gasteiger partial charge in [0.1, 0.15) is 5.82 Å². The molecule has 2 aromatic rings. The third kappa shape index (κ3) is 4.14. The maximum absolute atomic E-state index is 13.2. The van der Waals surface area contributed by atoms with Crippen molar-refractivity contribution in [1.82, 2.24) is 5.32 Å². The van der Waals surface area contributed by atoms with Gasteiger partial charge in [0.25, 0.3) is 0 Å². The van der Waals surface area contributed by atoms with Gasteiger partial charge in [0.05, 0.1) is 0 Å². The molecule has 0 bridgehead atoms. The molecule has 0 radical (unpaired) electrons. The SMILES string of the molecule is CCNC(Cc1ccc(F)cc1C)c1ccc(Br)cc1C. The number of nitrogens with one attached hydrogen (secondary N) is 1. The van der Waals surface area contributed by atoms with Crippen LogP contribution in [0.4, 0.5) is 4.39 Å². The second kappa shape index (κ2) is 7.19. The predicted octanol–water partition coefficient (Wildman–Crippen LogP) is 5.10. The van der Waals surface area contributed by atoms with Gasteiger partial charge in [0.15, 0.2) is 0 Å². The van der Waals surface area contributed by atoms with Gasteiger partial charge in [-0.05, 0) is 73.3 Å². The summed E-state index contributed by atoms with van der Waals surface area (Å²) < 4.78 is 14.3. The summed E-state index contributed by atoms with van der Waals surface area (Å²) in [7, 11) is 0. The molecule has 0 saturated carbocycles. The number of aryl methyl sites for hydroxylation is 2. The highest BCUT2D eigenvalue weighted by atomic mass is 79.9. The van der Waals surface area contributed by atoms with Crippen LogP contribution in [0.15, 0.2) is 40.9 Å². The summed E-state index contributed by atoms with van der Waals surface area (Å²) in [6.45, 7) is 7.11. The molecule has 112 valence electrons. The van der Waals surface area contributed by atoms with Gasteiger partial charge < -0.3 is 5.32 Å². The smallest absolute Gasteiger partial charge is 0.123 e. The van der Waals surface area contributed by atoms with E-state index in [1.54, 1.807) is 12.1 Å². The number of halogens is 2. The zero-order chi connectivity index (χ0) is 15.4. The van der Waals surface area contributed by atoms with Crippen LogP contribution in [0.1, 0.15) is 35.2 Å². The number of hydrogen-bond acceptors (Lipinski definition) is 1. The molecular formula is C18H21BrFN. The first-order valence-corrected chi connectivity index (χ1v) is 8.05. The molecule has 0 aliphatic rings. The molecule has 0 spiro atoms. The highest BCUT2D eigenvalue weighted by Crippen LogP contribution is 2.26. The maximum Gasteiger partial charge on any atom is 0.123 e. The summed E-state index contributed by atoms with van der Waals surface area (Å²) in [6.07, 6.45) is 0.864. The van der Waals surface area contributed by atoms with Crippen LogP contribution in [0.25, 0.3) is 0 Å². The molecule has 0 amide bonds. The standard InChI is InChI=1S/C18H21BrFN/c1-4-21-18(17-8-6-15(19)9-13(17)3)11-14-5-7-16(20)10-12(14)2/h5-10,18,21H,4,11H2,1-3H3. The van der Waals surface area contributed by atoms with E-state index < -0.39 is 0 Å². The van der Waals surface area contributed by atoms with Crippen LogP contribution in [-0.2, 0) is 6.42 Å². The first-order valence-electron chi connectivity index (χ1n) is 7.25. The van der Waals surface area contributed by atoms with Gasteiger partial charge in [0.2, 0.25) is 0 Å². The Morgan fingerprint density at radius 1 is 1.10 bits per heavy atom. The van der Waals surface area contributed by atoms with Crippen molar-refractivity contribution < 1.29 is 4.39 Å². The first-order chi connectivity index (χ1) is 10.0. The topological polar surface area (TPSA) is 12.0 Å². The van der Waals surface area contributed by atoms with Crippen LogP contribution in [0, 0.1) is 19.7 Å². The lowest BCUT2D eigenvalue weighted by Crippen LogP contribution is -2.24. The molecule has 0 fully saturated rings. The highest BCUT2D eigenvalue weighted by molar-refractivity contribution is 9.10. The molecule has 0 aliphatic heterocycles. The summed E-state index contributed by atoms with van der Waals surface area (Å²) in [6, 6.07) is 11.6. The van der Waals surface area contributed by atoms with Crippen LogP contribution in [-0.4, -0.2) is 6.54 Å². The monoisotopic (exact) mass is 349 g/mol.